The van der Waals surface area contributed by atoms with E-state index < -0.39 is 29.0 Å². The molecular formula is C26H24N2O7. The van der Waals surface area contributed by atoms with E-state index in [2.05, 4.69) is 22.3 Å². The second-order valence-electron chi connectivity index (χ2n) is 8.24. The largest absolute Gasteiger partial charge is 0.465 e. The number of amides is 1. The van der Waals surface area contributed by atoms with Gasteiger partial charge in [0.2, 0.25) is 5.60 Å². The van der Waals surface area contributed by atoms with Crippen LogP contribution in [0.1, 0.15) is 34.5 Å². The number of fused-ring (bicyclic) bond motifs is 1. The number of nitrogens with one attached hydrogen (secondary N) is 1. The summed E-state index contributed by atoms with van der Waals surface area (Å²) in [6.07, 6.45) is 0.920. The van der Waals surface area contributed by atoms with Gasteiger partial charge in [-0.2, -0.15) is 0 Å². The van der Waals surface area contributed by atoms with Crippen molar-refractivity contribution < 1.29 is 28.7 Å². The number of anilines is 1. The maximum Gasteiger partial charge on any atom is 0.366 e. The van der Waals surface area contributed by atoms with Gasteiger partial charge in [-0.1, -0.05) is 17.0 Å². The number of nitrogens with zero attached hydrogens (tertiary/aromatic N) is 1. The Labute approximate surface area is 201 Å². The van der Waals surface area contributed by atoms with Crippen LogP contribution in [0.25, 0.3) is 10.8 Å². The van der Waals surface area contributed by atoms with Crippen LogP contribution in [0, 0.1) is 24.7 Å². The van der Waals surface area contributed by atoms with Crippen molar-refractivity contribution in [2.24, 2.45) is 5.92 Å². The van der Waals surface area contributed by atoms with E-state index in [1.54, 1.807) is 43.3 Å². The van der Waals surface area contributed by atoms with Crippen molar-refractivity contribution in [1.82, 2.24) is 5.16 Å². The third-order valence-corrected chi connectivity index (χ3v) is 6.01. The molecular weight excluding hydrogens is 452 g/mol. The molecule has 1 atom stereocenters. The first-order valence-electron chi connectivity index (χ1n) is 11.1. The summed E-state index contributed by atoms with van der Waals surface area (Å²) >= 11 is 0. The van der Waals surface area contributed by atoms with E-state index in [0.717, 1.165) is 0 Å². The number of carbonyl (C=O) groups excluding carboxylic acids is 2. The Morgan fingerprint density at radius 1 is 1.14 bits per heavy atom. The van der Waals surface area contributed by atoms with Crippen LogP contribution in [-0.4, -0.2) is 48.1 Å². The highest BCUT2D eigenvalue weighted by atomic mass is 16.5. The highest BCUT2D eigenvalue weighted by Gasteiger charge is 2.43. The highest BCUT2D eigenvalue weighted by molar-refractivity contribution is 6.01. The fraction of sp³-hybridized carbons (Fsp3) is 0.308. The van der Waals surface area contributed by atoms with Crippen LogP contribution >= 0.6 is 0 Å². The molecule has 0 spiro atoms. The van der Waals surface area contributed by atoms with Crippen LogP contribution in [0.2, 0.25) is 0 Å². The van der Waals surface area contributed by atoms with Crippen molar-refractivity contribution in [2.75, 3.05) is 25.6 Å². The lowest BCUT2D eigenvalue weighted by Gasteiger charge is -2.33. The summed E-state index contributed by atoms with van der Waals surface area (Å²) in [7, 11) is 1.30. The lowest BCUT2D eigenvalue weighted by molar-refractivity contribution is -0.136. The molecule has 0 saturated carbocycles. The SMILES string of the molecule is COC(=O)c1ccc(C#CC(O)(C(=O)Nc2ccc3c(=O)onc(C)c3c2)C2CCOCC2)cc1. The standard InChI is InChI=1S/C26H24N2O7/c1-16-22-15-20(7-8-21(22)24(30)35-28-16)27-25(31)26(32,19-10-13-34-14-11-19)12-9-17-3-5-18(6-4-17)23(29)33-2/h3-8,15,19,32H,10-11,13-14H2,1-2H3,(H,27,31). The minimum atomic E-state index is -2.00. The molecule has 35 heavy (non-hydrogen) atoms. The average Bonchev–Trinajstić information content (AvgIpc) is 2.89. The molecule has 2 aromatic carbocycles. The van der Waals surface area contributed by atoms with Gasteiger partial charge in [-0.15, -0.1) is 0 Å². The minimum Gasteiger partial charge on any atom is -0.465 e. The molecule has 1 saturated heterocycles. The van der Waals surface area contributed by atoms with Crippen molar-refractivity contribution in [3.63, 3.8) is 0 Å². The first kappa shape index (κ1) is 24.1. The predicted octanol–water partition coefficient (Wildman–Crippen LogP) is 2.43. The maximum absolute atomic E-state index is 13.4. The van der Waals surface area contributed by atoms with Crippen molar-refractivity contribution in [1.29, 1.82) is 0 Å². The Balaban J connectivity index is 1.65. The number of aromatic nitrogens is 1. The van der Waals surface area contributed by atoms with Gasteiger partial charge in [0, 0.05) is 35.8 Å². The van der Waals surface area contributed by atoms with E-state index in [4.69, 9.17) is 14.0 Å². The Bertz CT molecular complexity index is 1380. The molecule has 1 amide bonds. The smallest absolute Gasteiger partial charge is 0.366 e. The number of carbonyl (C=O) groups is 2. The number of hydrogen-bond donors (Lipinski definition) is 2. The summed E-state index contributed by atoms with van der Waals surface area (Å²) in [5, 5.41) is 18.9. The van der Waals surface area contributed by atoms with Gasteiger partial charge < -0.3 is 24.4 Å². The Kier molecular flexibility index (Phi) is 6.96. The molecule has 9 nitrogen and oxygen atoms in total. The molecule has 4 rings (SSSR count). The van der Waals surface area contributed by atoms with E-state index in [1.807, 2.05) is 0 Å². The zero-order valence-corrected chi connectivity index (χ0v) is 19.3. The highest BCUT2D eigenvalue weighted by Crippen LogP contribution is 2.29. The molecule has 180 valence electrons. The van der Waals surface area contributed by atoms with E-state index in [1.165, 1.54) is 13.2 Å². The summed E-state index contributed by atoms with van der Waals surface area (Å²) in [5.74, 6) is 4.02. The molecule has 0 aliphatic carbocycles. The fourth-order valence-electron chi connectivity index (χ4n) is 3.97. The Hall–Kier alpha value is -4.00. The zero-order valence-electron chi connectivity index (χ0n) is 19.3. The van der Waals surface area contributed by atoms with Gasteiger partial charge in [0.25, 0.3) is 5.91 Å². The van der Waals surface area contributed by atoms with Crippen molar-refractivity contribution >= 4 is 28.3 Å². The molecule has 1 aromatic heterocycles. The number of aryl methyl sites for hydroxylation is 1. The van der Waals surface area contributed by atoms with E-state index in [9.17, 15) is 19.5 Å². The normalized spacial score (nSPS) is 15.5. The van der Waals surface area contributed by atoms with E-state index >= 15 is 0 Å². The van der Waals surface area contributed by atoms with Crippen LogP contribution in [0.15, 0.2) is 51.8 Å². The minimum absolute atomic E-state index is 0.338. The maximum atomic E-state index is 13.4. The lowest BCUT2D eigenvalue weighted by Crippen LogP contribution is -2.50. The van der Waals surface area contributed by atoms with Crippen molar-refractivity contribution in [3.8, 4) is 11.8 Å². The van der Waals surface area contributed by atoms with Gasteiger partial charge in [-0.25, -0.2) is 9.59 Å². The third kappa shape index (κ3) is 5.09. The summed E-state index contributed by atoms with van der Waals surface area (Å²) in [5.41, 5.74) is -0.812. The molecule has 2 N–H and O–H groups in total. The molecule has 1 aliphatic rings. The van der Waals surface area contributed by atoms with Crippen molar-refractivity contribution in [2.45, 2.75) is 25.4 Å². The number of hydrogen-bond acceptors (Lipinski definition) is 8. The average molecular weight is 476 g/mol. The first-order valence-corrected chi connectivity index (χ1v) is 11.1. The molecule has 1 unspecified atom stereocenters. The zero-order chi connectivity index (χ0) is 25.0. The number of rotatable bonds is 4. The molecule has 0 bridgehead atoms. The first-order chi connectivity index (χ1) is 16.8. The van der Waals surface area contributed by atoms with Crippen LogP contribution in [-0.2, 0) is 14.3 Å². The Morgan fingerprint density at radius 2 is 1.86 bits per heavy atom. The molecule has 1 aliphatic heterocycles. The van der Waals surface area contributed by atoms with Crippen molar-refractivity contribution in [3.05, 3.63) is 69.7 Å². The number of ether oxygens (including phenoxy) is 2. The van der Waals surface area contributed by atoms with Gasteiger partial charge >= 0.3 is 11.6 Å². The van der Waals surface area contributed by atoms with E-state index in [-0.39, 0.29) is 0 Å². The van der Waals surface area contributed by atoms with Gasteiger partial charge in [0.15, 0.2) is 0 Å². The van der Waals surface area contributed by atoms with Crippen LogP contribution in [0.4, 0.5) is 5.69 Å². The van der Waals surface area contributed by atoms with E-state index in [0.29, 0.717) is 59.3 Å². The summed E-state index contributed by atoms with van der Waals surface area (Å²) in [4.78, 5) is 36.9. The lowest BCUT2D eigenvalue weighted by atomic mass is 9.81. The molecule has 3 aromatic rings. The molecule has 2 heterocycles. The summed E-state index contributed by atoms with van der Waals surface area (Å²) < 4.78 is 14.8. The monoisotopic (exact) mass is 476 g/mol. The van der Waals surface area contributed by atoms with Crippen LogP contribution in [0.3, 0.4) is 0 Å². The molecule has 1 fully saturated rings. The summed E-state index contributed by atoms with van der Waals surface area (Å²) in [6.45, 7) is 2.50. The van der Waals surface area contributed by atoms with Gasteiger partial charge in [0.1, 0.15) is 0 Å². The van der Waals surface area contributed by atoms with Crippen LogP contribution in [0.5, 0.6) is 0 Å². The molecule has 0 radical (unpaired) electrons. The summed E-state index contributed by atoms with van der Waals surface area (Å²) in [6, 6.07) is 11.1. The second-order valence-corrected chi connectivity index (χ2v) is 8.24. The number of esters is 1. The second kappa shape index (κ2) is 10.1. The topological polar surface area (TPSA) is 128 Å². The number of benzene rings is 2. The van der Waals surface area contributed by atoms with Gasteiger partial charge in [0.05, 0.1) is 23.8 Å². The number of aliphatic hydroxyl groups is 1. The predicted molar refractivity (Wildman–Crippen MR) is 127 cm³/mol. The van der Waals surface area contributed by atoms with Crippen LogP contribution < -0.4 is 10.9 Å². The third-order valence-electron chi connectivity index (χ3n) is 6.01. The fourth-order valence-corrected chi connectivity index (χ4v) is 3.97. The van der Waals surface area contributed by atoms with Gasteiger partial charge in [-0.05, 0) is 62.2 Å². The number of methoxy groups -OCH3 is 1. The quantitative estimate of drug-likeness (QED) is 0.434. The molecule has 9 heteroatoms. The Morgan fingerprint density at radius 3 is 2.54 bits per heavy atom. The van der Waals surface area contributed by atoms with Gasteiger partial charge in [-0.3, -0.25) is 4.79 Å².